The molecule has 0 aromatic heterocycles. The van der Waals surface area contributed by atoms with Crippen LogP contribution in [0.3, 0.4) is 0 Å². The number of fused-ring (bicyclic) bond motifs is 1. The van der Waals surface area contributed by atoms with Gasteiger partial charge in [-0.2, -0.15) is 5.26 Å². The number of benzene rings is 2. The first-order valence-electron chi connectivity index (χ1n) is 7.94. The summed E-state index contributed by atoms with van der Waals surface area (Å²) >= 11 is 0. The van der Waals surface area contributed by atoms with Crippen molar-refractivity contribution < 1.29 is 0 Å². The number of nitrogens with zero attached hydrogens (tertiary/aromatic N) is 4. The molecule has 0 amide bonds. The van der Waals surface area contributed by atoms with Gasteiger partial charge in [0, 0.05) is 12.7 Å². The van der Waals surface area contributed by atoms with Crippen molar-refractivity contribution >= 4 is 22.7 Å². The molecule has 0 aliphatic carbocycles. The molecular formula is C20H20N4. The van der Waals surface area contributed by atoms with Crippen molar-refractivity contribution in [1.29, 1.82) is 5.26 Å². The van der Waals surface area contributed by atoms with Gasteiger partial charge in [0.05, 0.1) is 23.5 Å². The van der Waals surface area contributed by atoms with Crippen molar-refractivity contribution in [1.82, 2.24) is 0 Å². The van der Waals surface area contributed by atoms with Crippen LogP contribution in [0.5, 0.6) is 0 Å². The Kier molecular flexibility index (Phi) is 3.70. The summed E-state index contributed by atoms with van der Waals surface area (Å²) in [4.78, 5) is 7.90. The maximum absolute atomic E-state index is 9.53. The fourth-order valence-electron chi connectivity index (χ4n) is 3.73. The van der Waals surface area contributed by atoms with Crippen molar-refractivity contribution in [3.05, 3.63) is 57.9 Å². The third-order valence-electron chi connectivity index (χ3n) is 4.75. The summed E-state index contributed by atoms with van der Waals surface area (Å²) in [5.41, 5.74) is 7.69. The largest absolute Gasteiger partial charge is 0.352 e. The van der Waals surface area contributed by atoms with Crippen molar-refractivity contribution in [3.8, 4) is 6.07 Å². The molecule has 0 bridgehead atoms. The molecule has 0 unspecified atom stereocenters. The van der Waals surface area contributed by atoms with Gasteiger partial charge in [-0.05, 0) is 51.0 Å². The highest BCUT2D eigenvalue weighted by molar-refractivity contribution is 5.91. The molecule has 1 atom stereocenters. The lowest BCUT2D eigenvalue weighted by molar-refractivity contribution is 0.730. The normalized spacial score (nSPS) is 15.9. The van der Waals surface area contributed by atoms with Crippen LogP contribution >= 0.6 is 0 Å². The summed E-state index contributed by atoms with van der Waals surface area (Å²) < 4.78 is 0. The summed E-state index contributed by atoms with van der Waals surface area (Å²) in [7, 11) is 2.00. The summed E-state index contributed by atoms with van der Waals surface area (Å²) in [6, 6.07) is 10.2. The standard InChI is InChI=1S/C20H20N4/c1-12-7-13(2)19(14(3)8-12)24-15(4)23(6)20-16(11-21)9-17(22-5)10-18(20)24/h7-10,15H,1-4,6H3/t15-/m0/s1. The molecule has 1 aliphatic rings. The number of aryl methyl sites for hydroxylation is 3. The number of nitriles is 1. The summed E-state index contributed by atoms with van der Waals surface area (Å²) in [5.74, 6) is 0. The first-order chi connectivity index (χ1) is 11.4. The van der Waals surface area contributed by atoms with E-state index in [-0.39, 0.29) is 6.17 Å². The van der Waals surface area contributed by atoms with Crippen molar-refractivity contribution in [2.45, 2.75) is 33.9 Å². The Balaban J connectivity index is 2.32. The lowest BCUT2D eigenvalue weighted by Gasteiger charge is -2.30. The lowest BCUT2D eigenvalue weighted by atomic mass is 10.0. The smallest absolute Gasteiger partial charge is 0.190 e. The fourth-order valence-corrected chi connectivity index (χ4v) is 3.73. The van der Waals surface area contributed by atoms with E-state index in [2.05, 4.69) is 60.5 Å². The molecule has 1 aliphatic heterocycles. The van der Waals surface area contributed by atoms with Gasteiger partial charge in [-0.3, -0.25) is 0 Å². The van der Waals surface area contributed by atoms with Gasteiger partial charge < -0.3 is 9.80 Å². The molecule has 1 heterocycles. The molecule has 0 saturated carbocycles. The summed E-state index contributed by atoms with van der Waals surface area (Å²) in [5, 5.41) is 9.53. The molecule has 2 aromatic carbocycles. The van der Waals surface area contributed by atoms with E-state index in [0.717, 1.165) is 17.1 Å². The van der Waals surface area contributed by atoms with Gasteiger partial charge in [-0.15, -0.1) is 0 Å². The average molecular weight is 316 g/mol. The van der Waals surface area contributed by atoms with E-state index in [0.29, 0.717) is 11.3 Å². The van der Waals surface area contributed by atoms with Gasteiger partial charge in [-0.25, -0.2) is 4.85 Å². The van der Waals surface area contributed by atoms with Crippen LogP contribution in [0.1, 0.15) is 29.2 Å². The maximum Gasteiger partial charge on any atom is 0.190 e. The molecule has 24 heavy (non-hydrogen) atoms. The zero-order valence-electron chi connectivity index (χ0n) is 14.7. The van der Waals surface area contributed by atoms with Crippen LogP contribution in [0.25, 0.3) is 4.85 Å². The Morgan fingerprint density at radius 1 is 1.08 bits per heavy atom. The molecule has 4 nitrogen and oxygen atoms in total. The van der Waals surface area contributed by atoms with E-state index >= 15 is 0 Å². The van der Waals surface area contributed by atoms with E-state index < -0.39 is 0 Å². The zero-order valence-corrected chi connectivity index (χ0v) is 14.7. The van der Waals surface area contributed by atoms with Crippen LogP contribution in [-0.2, 0) is 0 Å². The molecule has 3 rings (SSSR count). The Morgan fingerprint density at radius 3 is 2.25 bits per heavy atom. The fraction of sp³-hybridized carbons (Fsp3) is 0.300. The monoisotopic (exact) mass is 316 g/mol. The molecule has 0 N–H and O–H groups in total. The second kappa shape index (κ2) is 5.58. The van der Waals surface area contributed by atoms with E-state index in [1.54, 1.807) is 6.07 Å². The van der Waals surface area contributed by atoms with E-state index in [1.165, 1.54) is 16.7 Å². The highest BCUT2D eigenvalue weighted by atomic mass is 15.4. The van der Waals surface area contributed by atoms with Gasteiger partial charge in [0.15, 0.2) is 5.69 Å². The number of anilines is 3. The van der Waals surface area contributed by atoms with Crippen LogP contribution in [-0.4, -0.2) is 13.2 Å². The highest BCUT2D eigenvalue weighted by Gasteiger charge is 2.35. The SMILES string of the molecule is [C-]#[N+]c1cc(C#N)c2c(c1)N(c1c(C)cc(C)cc1C)[C@@H](C)N2C. The van der Waals surface area contributed by atoms with Gasteiger partial charge in [0.1, 0.15) is 12.2 Å². The lowest BCUT2D eigenvalue weighted by Crippen LogP contribution is -2.36. The predicted molar refractivity (Wildman–Crippen MR) is 98.1 cm³/mol. The molecule has 0 saturated heterocycles. The molecule has 0 radical (unpaired) electrons. The van der Waals surface area contributed by atoms with Gasteiger partial charge >= 0.3 is 0 Å². The van der Waals surface area contributed by atoms with E-state index in [9.17, 15) is 5.26 Å². The Morgan fingerprint density at radius 2 is 1.71 bits per heavy atom. The highest BCUT2D eigenvalue weighted by Crippen LogP contribution is 2.48. The molecule has 2 aromatic rings. The molecule has 4 heteroatoms. The second-order valence-corrected chi connectivity index (χ2v) is 6.44. The van der Waals surface area contributed by atoms with Crippen LogP contribution in [0, 0.1) is 38.7 Å². The van der Waals surface area contributed by atoms with Crippen LogP contribution in [0.4, 0.5) is 22.7 Å². The number of hydrogen-bond donors (Lipinski definition) is 0. The third-order valence-corrected chi connectivity index (χ3v) is 4.75. The van der Waals surface area contributed by atoms with Crippen molar-refractivity contribution in [3.63, 3.8) is 0 Å². The quantitative estimate of drug-likeness (QED) is 0.697. The minimum absolute atomic E-state index is 0.0770. The van der Waals surface area contributed by atoms with E-state index in [1.807, 2.05) is 13.1 Å². The van der Waals surface area contributed by atoms with Gasteiger partial charge in [-0.1, -0.05) is 17.7 Å². The number of hydrogen-bond acceptors (Lipinski definition) is 3. The second-order valence-electron chi connectivity index (χ2n) is 6.44. The Bertz CT molecular complexity index is 891. The minimum atomic E-state index is 0.0770. The van der Waals surface area contributed by atoms with E-state index in [4.69, 9.17) is 6.57 Å². The van der Waals surface area contributed by atoms with Crippen LogP contribution < -0.4 is 9.80 Å². The van der Waals surface area contributed by atoms with Crippen LogP contribution in [0.15, 0.2) is 24.3 Å². The van der Waals surface area contributed by atoms with Crippen molar-refractivity contribution in [2.75, 3.05) is 16.8 Å². The maximum atomic E-state index is 9.53. The predicted octanol–water partition coefficient (Wildman–Crippen LogP) is 4.97. The third kappa shape index (κ3) is 2.20. The zero-order chi connectivity index (χ0) is 17.6. The van der Waals surface area contributed by atoms with Gasteiger partial charge in [0.2, 0.25) is 0 Å². The molecule has 0 fully saturated rings. The van der Waals surface area contributed by atoms with Gasteiger partial charge in [0.25, 0.3) is 0 Å². The minimum Gasteiger partial charge on any atom is -0.352 e. The summed E-state index contributed by atoms with van der Waals surface area (Å²) in [6.07, 6.45) is 0.0770. The molecular weight excluding hydrogens is 296 g/mol. The molecule has 120 valence electrons. The average Bonchev–Trinajstić information content (AvgIpc) is 2.78. The Hall–Kier alpha value is -2.98. The first-order valence-corrected chi connectivity index (χ1v) is 7.94. The number of rotatable bonds is 1. The topological polar surface area (TPSA) is 34.6 Å². The van der Waals surface area contributed by atoms with Crippen LogP contribution in [0.2, 0.25) is 0 Å². The Labute approximate surface area is 143 Å². The molecule has 0 spiro atoms. The van der Waals surface area contributed by atoms with Crippen molar-refractivity contribution in [2.24, 2.45) is 0 Å². The summed E-state index contributed by atoms with van der Waals surface area (Å²) in [6.45, 7) is 15.8. The first kappa shape index (κ1) is 15.9.